The lowest BCUT2D eigenvalue weighted by Gasteiger charge is -2.42. The third-order valence-corrected chi connectivity index (χ3v) is 4.49. The first kappa shape index (κ1) is 15.6. The van der Waals surface area contributed by atoms with E-state index in [1.807, 2.05) is 18.2 Å². The molecule has 4 heteroatoms. The molecule has 1 aliphatic rings. The molecule has 0 radical (unpaired) electrons. The molecule has 0 aromatic heterocycles. The highest BCUT2D eigenvalue weighted by atomic mass is 35.5. The molecule has 0 amide bonds. The zero-order chi connectivity index (χ0) is 14.8. The van der Waals surface area contributed by atoms with Crippen molar-refractivity contribution in [1.82, 2.24) is 4.90 Å². The number of methoxy groups -OCH3 is 1. The van der Waals surface area contributed by atoms with E-state index in [-0.39, 0.29) is 6.04 Å². The Morgan fingerprint density at radius 2 is 2.20 bits per heavy atom. The van der Waals surface area contributed by atoms with Crippen molar-refractivity contribution in [3.8, 4) is 5.75 Å². The van der Waals surface area contributed by atoms with Gasteiger partial charge in [0, 0.05) is 23.7 Å². The van der Waals surface area contributed by atoms with E-state index in [0.29, 0.717) is 12.0 Å². The van der Waals surface area contributed by atoms with Crippen LogP contribution in [0.15, 0.2) is 18.2 Å². The van der Waals surface area contributed by atoms with Gasteiger partial charge in [-0.05, 0) is 36.9 Å². The Bertz CT molecular complexity index is 462. The summed E-state index contributed by atoms with van der Waals surface area (Å²) < 4.78 is 5.49. The van der Waals surface area contributed by atoms with Crippen LogP contribution in [0.25, 0.3) is 0 Å². The van der Waals surface area contributed by atoms with Crippen LogP contribution in [0.4, 0.5) is 0 Å². The van der Waals surface area contributed by atoms with E-state index in [1.54, 1.807) is 7.11 Å². The molecule has 1 fully saturated rings. The predicted octanol–water partition coefficient (Wildman–Crippen LogP) is 3.47. The minimum absolute atomic E-state index is 0.123. The predicted molar refractivity (Wildman–Crippen MR) is 84.4 cm³/mol. The highest BCUT2D eigenvalue weighted by Crippen LogP contribution is 2.39. The minimum atomic E-state index is 0.123. The highest BCUT2D eigenvalue weighted by molar-refractivity contribution is 6.31. The number of nitrogens with two attached hydrogens (primary N) is 1. The molecule has 1 aromatic rings. The van der Waals surface area contributed by atoms with Gasteiger partial charge in [0.05, 0.1) is 13.2 Å². The maximum Gasteiger partial charge on any atom is 0.125 e. The van der Waals surface area contributed by atoms with Crippen molar-refractivity contribution >= 4 is 11.6 Å². The molecule has 0 bridgehead atoms. The van der Waals surface area contributed by atoms with Crippen molar-refractivity contribution in [3.63, 3.8) is 0 Å². The monoisotopic (exact) mass is 296 g/mol. The van der Waals surface area contributed by atoms with Crippen LogP contribution < -0.4 is 10.5 Å². The van der Waals surface area contributed by atoms with Gasteiger partial charge in [-0.3, -0.25) is 4.90 Å². The maximum atomic E-state index is 6.41. The normalized spacial score (nSPS) is 20.6. The van der Waals surface area contributed by atoms with Gasteiger partial charge in [0.1, 0.15) is 5.75 Å². The summed E-state index contributed by atoms with van der Waals surface area (Å²) in [5.74, 6) is 0.830. The van der Waals surface area contributed by atoms with Crippen molar-refractivity contribution in [2.24, 2.45) is 11.1 Å². The number of hydrogen-bond acceptors (Lipinski definition) is 3. The average Bonchev–Trinajstić information content (AvgIpc) is 2.40. The van der Waals surface area contributed by atoms with Crippen LogP contribution in [0, 0.1) is 5.41 Å². The zero-order valence-electron chi connectivity index (χ0n) is 12.7. The van der Waals surface area contributed by atoms with Gasteiger partial charge in [0.2, 0.25) is 0 Å². The van der Waals surface area contributed by atoms with Crippen LogP contribution in [-0.2, 0) is 0 Å². The molecule has 1 aliphatic heterocycles. The van der Waals surface area contributed by atoms with E-state index < -0.39 is 0 Å². The van der Waals surface area contributed by atoms with Crippen LogP contribution in [0.5, 0.6) is 5.75 Å². The number of nitrogens with zero attached hydrogens (tertiary/aromatic N) is 1. The summed E-state index contributed by atoms with van der Waals surface area (Å²) in [5.41, 5.74) is 7.42. The van der Waals surface area contributed by atoms with Gasteiger partial charge in [0.25, 0.3) is 0 Å². The summed E-state index contributed by atoms with van der Waals surface area (Å²) in [4.78, 5) is 2.45. The molecule has 3 nitrogen and oxygen atoms in total. The Labute approximate surface area is 127 Å². The van der Waals surface area contributed by atoms with E-state index in [0.717, 1.165) is 29.4 Å². The van der Waals surface area contributed by atoms with E-state index in [1.165, 1.54) is 12.8 Å². The Morgan fingerprint density at radius 3 is 2.80 bits per heavy atom. The molecule has 1 unspecified atom stereocenters. The van der Waals surface area contributed by atoms with Crippen molar-refractivity contribution in [3.05, 3.63) is 28.8 Å². The van der Waals surface area contributed by atoms with Crippen LogP contribution in [0.3, 0.4) is 0 Å². The summed E-state index contributed by atoms with van der Waals surface area (Å²) in [6.45, 7) is 7.30. The number of benzene rings is 1. The van der Waals surface area contributed by atoms with Crippen molar-refractivity contribution in [2.45, 2.75) is 32.7 Å². The first-order valence-electron chi connectivity index (χ1n) is 7.25. The summed E-state index contributed by atoms with van der Waals surface area (Å²) in [6, 6.07) is 5.91. The molecular formula is C16H25ClN2O. The maximum absolute atomic E-state index is 6.41. The third kappa shape index (κ3) is 3.27. The lowest BCUT2D eigenvalue weighted by molar-refractivity contribution is 0.0796. The molecule has 2 N–H and O–H groups in total. The van der Waals surface area contributed by atoms with Gasteiger partial charge in [0.15, 0.2) is 0 Å². The van der Waals surface area contributed by atoms with Crippen LogP contribution >= 0.6 is 11.6 Å². The average molecular weight is 297 g/mol. The molecule has 1 aromatic carbocycles. The summed E-state index contributed by atoms with van der Waals surface area (Å²) in [5, 5.41) is 0.739. The molecule has 2 rings (SSSR count). The summed E-state index contributed by atoms with van der Waals surface area (Å²) in [6.07, 6.45) is 2.47. The van der Waals surface area contributed by atoms with E-state index in [4.69, 9.17) is 22.1 Å². The van der Waals surface area contributed by atoms with Crippen molar-refractivity contribution < 1.29 is 4.74 Å². The van der Waals surface area contributed by atoms with Crippen LogP contribution in [0.2, 0.25) is 5.02 Å². The molecule has 0 aliphatic carbocycles. The highest BCUT2D eigenvalue weighted by Gasteiger charge is 2.32. The largest absolute Gasteiger partial charge is 0.496 e. The Kier molecular flexibility index (Phi) is 4.95. The Balaban J connectivity index is 2.33. The number of likely N-dealkylation sites (tertiary alicyclic amines) is 1. The van der Waals surface area contributed by atoms with Gasteiger partial charge >= 0.3 is 0 Å². The number of hydrogen-bond donors (Lipinski definition) is 1. The topological polar surface area (TPSA) is 38.5 Å². The standard InChI is InChI=1S/C16H25ClN2O/c1-16(2)8-5-9-19(11-16)13(10-18)15-12(17)6-4-7-14(15)20-3/h4,6-7,13H,5,8-11,18H2,1-3H3. The molecule has 0 saturated carbocycles. The first-order chi connectivity index (χ1) is 9.48. The number of piperidine rings is 1. The number of ether oxygens (including phenoxy) is 1. The molecule has 20 heavy (non-hydrogen) atoms. The number of rotatable bonds is 4. The summed E-state index contributed by atoms with van der Waals surface area (Å²) in [7, 11) is 1.68. The first-order valence-corrected chi connectivity index (χ1v) is 7.63. The van der Waals surface area contributed by atoms with E-state index >= 15 is 0 Å². The lowest BCUT2D eigenvalue weighted by atomic mass is 9.83. The second-order valence-corrected chi connectivity index (χ2v) is 6.75. The van der Waals surface area contributed by atoms with E-state index in [2.05, 4.69) is 18.7 Å². The van der Waals surface area contributed by atoms with Gasteiger partial charge in [-0.15, -0.1) is 0 Å². The molecule has 1 atom stereocenters. The van der Waals surface area contributed by atoms with Crippen molar-refractivity contribution in [1.29, 1.82) is 0 Å². The van der Waals surface area contributed by atoms with Crippen LogP contribution in [-0.4, -0.2) is 31.6 Å². The molecule has 1 saturated heterocycles. The fraction of sp³-hybridized carbons (Fsp3) is 0.625. The van der Waals surface area contributed by atoms with Crippen molar-refractivity contribution in [2.75, 3.05) is 26.7 Å². The summed E-state index contributed by atoms with van der Waals surface area (Å²) >= 11 is 6.41. The SMILES string of the molecule is COc1cccc(Cl)c1C(CN)N1CCCC(C)(C)C1. The van der Waals surface area contributed by atoms with Gasteiger partial charge in [-0.1, -0.05) is 31.5 Å². The van der Waals surface area contributed by atoms with E-state index in [9.17, 15) is 0 Å². The lowest BCUT2D eigenvalue weighted by Crippen LogP contribution is -2.44. The quantitative estimate of drug-likeness (QED) is 0.924. The third-order valence-electron chi connectivity index (χ3n) is 4.16. The second kappa shape index (κ2) is 6.33. The second-order valence-electron chi connectivity index (χ2n) is 6.35. The fourth-order valence-electron chi connectivity index (χ4n) is 3.20. The molecule has 112 valence electrons. The van der Waals surface area contributed by atoms with Gasteiger partial charge < -0.3 is 10.5 Å². The fourth-order valence-corrected chi connectivity index (χ4v) is 3.49. The van der Waals surface area contributed by atoms with Gasteiger partial charge in [-0.25, -0.2) is 0 Å². The molecule has 0 spiro atoms. The van der Waals surface area contributed by atoms with Crippen LogP contribution in [0.1, 0.15) is 38.3 Å². The Morgan fingerprint density at radius 1 is 1.45 bits per heavy atom. The number of halogens is 1. The smallest absolute Gasteiger partial charge is 0.125 e. The molecular weight excluding hydrogens is 272 g/mol. The Hall–Kier alpha value is -0.770. The minimum Gasteiger partial charge on any atom is -0.496 e. The van der Waals surface area contributed by atoms with Gasteiger partial charge in [-0.2, -0.15) is 0 Å². The molecule has 1 heterocycles. The zero-order valence-corrected chi connectivity index (χ0v) is 13.4.